The predicted octanol–water partition coefficient (Wildman–Crippen LogP) is 0.805. The summed E-state index contributed by atoms with van der Waals surface area (Å²) in [6.45, 7) is 4.45. The molecule has 13 heavy (non-hydrogen) atoms. The molecule has 0 spiro atoms. The Hall–Kier alpha value is -1.42. The summed E-state index contributed by atoms with van der Waals surface area (Å²) < 4.78 is 2.02. The molecule has 68 valence electrons. The van der Waals surface area contributed by atoms with E-state index in [1.165, 1.54) is 0 Å². The van der Waals surface area contributed by atoms with Gasteiger partial charge < -0.3 is 5.73 Å². The molecular weight excluding hydrogens is 164 g/mol. The van der Waals surface area contributed by atoms with E-state index in [0.717, 1.165) is 22.9 Å². The predicted molar refractivity (Wildman–Crippen MR) is 50.4 cm³/mol. The third-order valence-electron chi connectivity index (χ3n) is 2.23. The van der Waals surface area contributed by atoms with Gasteiger partial charge >= 0.3 is 0 Å². The fraction of sp³-hybridized carbons (Fsp3) is 0.333. The van der Waals surface area contributed by atoms with Gasteiger partial charge in [0.25, 0.3) is 0 Å². The first-order valence-electron chi connectivity index (χ1n) is 4.23. The second-order valence-corrected chi connectivity index (χ2v) is 3.03. The van der Waals surface area contributed by atoms with Crippen molar-refractivity contribution in [3.63, 3.8) is 0 Å². The van der Waals surface area contributed by atoms with Gasteiger partial charge in [-0.15, -0.1) is 0 Å². The Kier molecular flexibility index (Phi) is 1.77. The third-order valence-corrected chi connectivity index (χ3v) is 2.23. The number of hydrogen-bond donors (Lipinski definition) is 1. The van der Waals surface area contributed by atoms with Crippen LogP contribution in [0.1, 0.15) is 17.2 Å². The van der Waals surface area contributed by atoms with Crippen molar-refractivity contribution in [1.29, 1.82) is 0 Å². The van der Waals surface area contributed by atoms with Gasteiger partial charge in [0, 0.05) is 18.4 Å². The normalized spacial score (nSPS) is 11.0. The molecule has 0 bridgehead atoms. The highest BCUT2D eigenvalue weighted by molar-refractivity contribution is 5.42. The molecule has 0 aliphatic rings. The van der Waals surface area contributed by atoms with E-state index in [4.69, 9.17) is 5.73 Å². The molecule has 0 fully saturated rings. The van der Waals surface area contributed by atoms with Crippen molar-refractivity contribution < 1.29 is 0 Å². The Labute approximate surface area is 76.4 Å². The zero-order valence-electron chi connectivity index (χ0n) is 7.78. The van der Waals surface area contributed by atoms with Crippen LogP contribution in [0.4, 0.5) is 0 Å². The summed E-state index contributed by atoms with van der Waals surface area (Å²) in [4.78, 5) is 8.59. The molecule has 0 aromatic carbocycles. The van der Waals surface area contributed by atoms with Crippen molar-refractivity contribution in [2.75, 3.05) is 0 Å². The van der Waals surface area contributed by atoms with Gasteiger partial charge in [-0.3, -0.25) is 4.40 Å². The van der Waals surface area contributed by atoms with Crippen LogP contribution in [0, 0.1) is 13.8 Å². The van der Waals surface area contributed by atoms with Gasteiger partial charge in [0.1, 0.15) is 11.5 Å². The highest BCUT2D eigenvalue weighted by Crippen LogP contribution is 2.11. The van der Waals surface area contributed by atoms with E-state index in [0.29, 0.717) is 6.54 Å². The fourth-order valence-electron chi connectivity index (χ4n) is 1.55. The van der Waals surface area contributed by atoms with Gasteiger partial charge in [0.05, 0.1) is 5.69 Å². The second kappa shape index (κ2) is 2.81. The number of fused-ring (bicyclic) bond motifs is 1. The molecule has 0 saturated carbocycles. The Balaban J connectivity index is 2.85. The summed E-state index contributed by atoms with van der Waals surface area (Å²) >= 11 is 0. The zero-order valence-corrected chi connectivity index (χ0v) is 7.78. The lowest BCUT2D eigenvalue weighted by atomic mass is 10.3. The zero-order chi connectivity index (χ0) is 9.42. The molecule has 0 unspecified atom stereocenters. The lowest BCUT2D eigenvalue weighted by Crippen LogP contribution is -2.00. The fourth-order valence-corrected chi connectivity index (χ4v) is 1.55. The van der Waals surface area contributed by atoms with Crippen molar-refractivity contribution in [1.82, 2.24) is 14.4 Å². The van der Waals surface area contributed by atoms with Crippen molar-refractivity contribution in [2.24, 2.45) is 5.73 Å². The maximum atomic E-state index is 5.57. The molecule has 2 N–H and O–H groups in total. The van der Waals surface area contributed by atoms with Crippen molar-refractivity contribution in [3.8, 4) is 0 Å². The first kappa shape index (κ1) is 8.19. The largest absolute Gasteiger partial charge is 0.325 e. The minimum atomic E-state index is 0.479. The van der Waals surface area contributed by atoms with E-state index in [1.807, 2.05) is 24.3 Å². The van der Waals surface area contributed by atoms with Crippen LogP contribution in [0.25, 0.3) is 5.65 Å². The first-order valence-corrected chi connectivity index (χ1v) is 4.23. The molecule has 4 nitrogen and oxygen atoms in total. The van der Waals surface area contributed by atoms with Crippen LogP contribution in [0.2, 0.25) is 0 Å². The number of hydrogen-bond acceptors (Lipinski definition) is 3. The number of nitrogens with zero attached hydrogens (tertiary/aromatic N) is 3. The number of rotatable bonds is 1. The van der Waals surface area contributed by atoms with E-state index in [9.17, 15) is 0 Å². The Morgan fingerprint density at radius 1 is 1.46 bits per heavy atom. The highest BCUT2D eigenvalue weighted by atomic mass is 15.1. The van der Waals surface area contributed by atoms with E-state index in [1.54, 1.807) is 6.20 Å². The van der Waals surface area contributed by atoms with Crippen LogP contribution in [0.5, 0.6) is 0 Å². The molecular formula is C9H12N4. The number of imidazole rings is 1. The van der Waals surface area contributed by atoms with Crippen molar-refractivity contribution >= 4 is 5.65 Å². The molecule has 0 aliphatic carbocycles. The number of aromatic nitrogens is 3. The van der Waals surface area contributed by atoms with Crippen molar-refractivity contribution in [2.45, 2.75) is 20.4 Å². The minimum absolute atomic E-state index is 0.479. The average Bonchev–Trinajstić information content (AvgIpc) is 2.44. The molecule has 2 aromatic rings. The lowest BCUT2D eigenvalue weighted by Gasteiger charge is -1.99. The van der Waals surface area contributed by atoms with E-state index < -0.39 is 0 Å². The third kappa shape index (κ3) is 1.10. The lowest BCUT2D eigenvalue weighted by molar-refractivity contribution is 0.934. The molecule has 0 radical (unpaired) electrons. The average molecular weight is 176 g/mol. The van der Waals surface area contributed by atoms with E-state index in [2.05, 4.69) is 9.97 Å². The summed E-state index contributed by atoms with van der Waals surface area (Å²) in [5, 5.41) is 0. The Bertz CT molecular complexity index is 444. The van der Waals surface area contributed by atoms with Gasteiger partial charge in [-0.2, -0.15) is 0 Å². The van der Waals surface area contributed by atoms with Gasteiger partial charge in [-0.05, 0) is 19.9 Å². The quantitative estimate of drug-likeness (QED) is 0.699. The van der Waals surface area contributed by atoms with Crippen LogP contribution >= 0.6 is 0 Å². The molecule has 0 saturated heterocycles. The monoisotopic (exact) mass is 176 g/mol. The molecule has 2 aromatic heterocycles. The second-order valence-electron chi connectivity index (χ2n) is 3.03. The maximum absolute atomic E-state index is 5.57. The van der Waals surface area contributed by atoms with Crippen LogP contribution in [-0.2, 0) is 6.54 Å². The van der Waals surface area contributed by atoms with E-state index in [-0.39, 0.29) is 0 Å². The maximum Gasteiger partial charge on any atom is 0.140 e. The molecule has 0 amide bonds. The molecule has 4 heteroatoms. The topological polar surface area (TPSA) is 56.2 Å². The number of aryl methyl sites for hydroxylation is 2. The number of nitrogens with two attached hydrogens (primary N) is 1. The van der Waals surface area contributed by atoms with Crippen molar-refractivity contribution in [3.05, 3.63) is 29.5 Å². The summed E-state index contributed by atoms with van der Waals surface area (Å²) in [6, 6.07) is 1.89. The summed E-state index contributed by atoms with van der Waals surface area (Å²) in [7, 11) is 0. The highest BCUT2D eigenvalue weighted by Gasteiger charge is 2.07. The van der Waals surface area contributed by atoms with Gasteiger partial charge in [0.15, 0.2) is 0 Å². The molecule has 0 atom stereocenters. The molecule has 2 rings (SSSR count). The standard InChI is InChI=1S/C9H12N4/c1-6-8(5-10)12-9-3-4-11-7(2)13(6)9/h3-4H,5,10H2,1-2H3. The summed E-state index contributed by atoms with van der Waals surface area (Å²) in [5.41, 5.74) is 8.52. The smallest absolute Gasteiger partial charge is 0.140 e. The van der Waals surface area contributed by atoms with Gasteiger partial charge in [-0.1, -0.05) is 0 Å². The van der Waals surface area contributed by atoms with Crippen LogP contribution < -0.4 is 5.73 Å². The molecule has 2 heterocycles. The van der Waals surface area contributed by atoms with Crippen LogP contribution in [-0.4, -0.2) is 14.4 Å². The summed E-state index contributed by atoms with van der Waals surface area (Å²) in [6.07, 6.45) is 1.76. The Morgan fingerprint density at radius 2 is 2.23 bits per heavy atom. The molecule has 0 aliphatic heterocycles. The Morgan fingerprint density at radius 3 is 2.85 bits per heavy atom. The minimum Gasteiger partial charge on any atom is -0.325 e. The van der Waals surface area contributed by atoms with E-state index >= 15 is 0 Å². The van der Waals surface area contributed by atoms with Crippen LogP contribution in [0.3, 0.4) is 0 Å². The summed E-state index contributed by atoms with van der Waals surface area (Å²) in [5.74, 6) is 0.946. The SMILES string of the molecule is Cc1nccc2nc(CN)c(C)n12. The van der Waals surface area contributed by atoms with Gasteiger partial charge in [-0.25, -0.2) is 9.97 Å². The van der Waals surface area contributed by atoms with Crippen LogP contribution in [0.15, 0.2) is 12.3 Å². The first-order chi connectivity index (χ1) is 6.24. The van der Waals surface area contributed by atoms with Gasteiger partial charge in [0.2, 0.25) is 0 Å².